The van der Waals surface area contributed by atoms with Gasteiger partial charge in [0, 0.05) is 33.6 Å². The number of fused-ring (bicyclic) bond motifs is 1. The molecule has 0 saturated carbocycles. The van der Waals surface area contributed by atoms with Crippen molar-refractivity contribution in [1.82, 2.24) is 9.21 Å². The van der Waals surface area contributed by atoms with E-state index in [1.165, 1.54) is 4.31 Å². The van der Waals surface area contributed by atoms with Crippen molar-refractivity contribution < 1.29 is 23.1 Å². The Bertz CT molecular complexity index is 1120. The quantitative estimate of drug-likeness (QED) is 0.643. The third-order valence-electron chi connectivity index (χ3n) is 6.32. The van der Waals surface area contributed by atoms with Gasteiger partial charge in [0.15, 0.2) is 5.75 Å². The number of ether oxygens (including phenoxy) is 1. The van der Waals surface area contributed by atoms with E-state index >= 15 is 0 Å². The number of benzene rings is 2. The molecule has 8 nitrogen and oxygen atoms in total. The number of nitrogens with zero attached hydrogens (tertiary/aromatic N) is 3. The summed E-state index contributed by atoms with van der Waals surface area (Å²) in [7, 11) is 1.55. The van der Waals surface area contributed by atoms with E-state index in [9.17, 15) is 18.3 Å². The van der Waals surface area contributed by atoms with Crippen molar-refractivity contribution >= 4 is 21.6 Å². The minimum absolute atomic E-state index is 0.105. The number of rotatable bonds is 7. The van der Waals surface area contributed by atoms with Gasteiger partial charge < -0.3 is 19.6 Å². The Balaban J connectivity index is 2.01. The topological polar surface area (TPSA) is 90.4 Å². The van der Waals surface area contributed by atoms with E-state index < -0.39 is 22.2 Å². The summed E-state index contributed by atoms with van der Waals surface area (Å²) in [6, 6.07) is 11.7. The molecule has 1 amide bonds. The predicted molar refractivity (Wildman–Crippen MR) is 133 cm³/mol. The largest absolute Gasteiger partial charge is 0.486 e. The highest BCUT2D eigenvalue weighted by Crippen LogP contribution is 2.36. The zero-order valence-corrected chi connectivity index (χ0v) is 21.5. The van der Waals surface area contributed by atoms with Crippen molar-refractivity contribution in [3.05, 3.63) is 53.6 Å². The van der Waals surface area contributed by atoms with E-state index in [1.807, 2.05) is 38.9 Å². The molecule has 1 N–H and O–H groups in total. The van der Waals surface area contributed by atoms with E-state index in [2.05, 4.69) is 0 Å². The Kier molecular flexibility index (Phi) is 7.90. The average Bonchev–Trinajstić information content (AvgIpc) is 2.80. The van der Waals surface area contributed by atoms with E-state index in [1.54, 1.807) is 55.3 Å². The van der Waals surface area contributed by atoms with Crippen molar-refractivity contribution in [2.75, 3.05) is 45.7 Å². The van der Waals surface area contributed by atoms with Crippen LogP contribution in [0.15, 0.2) is 47.4 Å². The molecule has 9 heteroatoms. The first kappa shape index (κ1) is 26.0. The number of carbonyl (C=O) groups is 1. The van der Waals surface area contributed by atoms with Crippen LogP contribution in [0.4, 0.5) is 5.69 Å². The molecule has 3 rings (SSSR count). The Hall–Kier alpha value is -2.62. The van der Waals surface area contributed by atoms with Crippen molar-refractivity contribution in [3.63, 3.8) is 0 Å². The molecule has 0 saturated heterocycles. The highest BCUT2D eigenvalue weighted by Gasteiger charge is 2.36. The Morgan fingerprint density at radius 1 is 1.15 bits per heavy atom. The van der Waals surface area contributed by atoms with Gasteiger partial charge in [-0.05, 0) is 38.1 Å². The lowest BCUT2D eigenvalue weighted by atomic mass is 9.99. The molecule has 186 valence electrons. The Morgan fingerprint density at radius 3 is 2.38 bits per heavy atom. The molecule has 0 spiro atoms. The van der Waals surface area contributed by atoms with Crippen LogP contribution in [-0.2, 0) is 10.0 Å². The van der Waals surface area contributed by atoms with Crippen LogP contribution in [-0.4, -0.2) is 81.6 Å². The summed E-state index contributed by atoms with van der Waals surface area (Å²) in [6.07, 6.45) is -0.522. The summed E-state index contributed by atoms with van der Waals surface area (Å²) in [4.78, 5) is 17.2. The molecule has 0 fully saturated rings. The fourth-order valence-corrected chi connectivity index (χ4v) is 5.22. The molecular weight excluding hydrogens is 454 g/mol. The van der Waals surface area contributed by atoms with Crippen LogP contribution in [0.1, 0.15) is 29.8 Å². The number of aliphatic hydroxyl groups excluding tert-OH is 1. The summed E-state index contributed by atoms with van der Waals surface area (Å²) in [5, 5.41) is 9.79. The van der Waals surface area contributed by atoms with E-state index in [0.717, 1.165) is 11.3 Å². The first-order chi connectivity index (χ1) is 16.0. The molecule has 34 heavy (non-hydrogen) atoms. The summed E-state index contributed by atoms with van der Waals surface area (Å²) >= 11 is 0. The molecule has 0 radical (unpaired) electrons. The molecule has 0 unspecified atom stereocenters. The van der Waals surface area contributed by atoms with Crippen molar-refractivity contribution in [1.29, 1.82) is 0 Å². The maximum atomic E-state index is 13.4. The fraction of sp³-hybridized carbons (Fsp3) is 0.480. The highest BCUT2D eigenvalue weighted by molar-refractivity contribution is 7.89. The zero-order valence-electron chi connectivity index (χ0n) is 20.7. The minimum Gasteiger partial charge on any atom is -0.486 e. The van der Waals surface area contributed by atoms with Gasteiger partial charge in [0.2, 0.25) is 10.0 Å². The van der Waals surface area contributed by atoms with Crippen LogP contribution in [0, 0.1) is 12.8 Å². The molecule has 0 aromatic heterocycles. The summed E-state index contributed by atoms with van der Waals surface area (Å²) in [5.41, 5.74) is 2.10. The standard InChI is InChI=1S/C25H35N3O5S/c1-17-10-12-20(13-11-17)34(31,32)27(6)15-23-18(2)14-28(19(3)16-29)25(30)21-8-7-9-22(26(4)5)24(21)33-23/h7-13,18-19,23,29H,14-16H2,1-6H3/t18-,19+,23-/m0/s1. The zero-order chi connectivity index (χ0) is 25.2. The number of anilines is 1. The number of amides is 1. The smallest absolute Gasteiger partial charge is 0.258 e. The molecule has 0 bridgehead atoms. The lowest BCUT2D eigenvalue weighted by molar-refractivity contribution is 0.0388. The first-order valence-electron chi connectivity index (χ1n) is 11.4. The van der Waals surface area contributed by atoms with Crippen LogP contribution in [0.2, 0.25) is 0 Å². The molecule has 1 aliphatic heterocycles. The molecule has 0 aliphatic carbocycles. The third kappa shape index (κ3) is 5.21. The SMILES string of the molecule is Cc1ccc(S(=O)(=O)N(C)C[C@@H]2Oc3c(cccc3N(C)C)C(=O)N([C@H](C)CO)C[C@@H]2C)cc1. The van der Waals surface area contributed by atoms with E-state index in [0.29, 0.717) is 17.9 Å². The van der Waals surface area contributed by atoms with Gasteiger partial charge in [-0.25, -0.2) is 8.42 Å². The number of hydrogen-bond donors (Lipinski definition) is 1. The van der Waals surface area contributed by atoms with Gasteiger partial charge in [0.1, 0.15) is 6.10 Å². The van der Waals surface area contributed by atoms with Crippen LogP contribution < -0.4 is 9.64 Å². The molecule has 1 aliphatic rings. The van der Waals surface area contributed by atoms with Gasteiger partial charge in [-0.15, -0.1) is 0 Å². The average molecular weight is 490 g/mol. The number of likely N-dealkylation sites (N-methyl/N-ethyl adjacent to an activating group) is 1. The van der Waals surface area contributed by atoms with Gasteiger partial charge in [-0.3, -0.25) is 4.79 Å². The molecular formula is C25H35N3O5S. The lowest BCUT2D eigenvalue weighted by Crippen LogP contribution is -2.50. The maximum absolute atomic E-state index is 13.4. The van der Waals surface area contributed by atoms with E-state index in [4.69, 9.17) is 4.74 Å². The minimum atomic E-state index is -3.73. The number of aliphatic hydroxyl groups is 1. The van der Waals surface area contributed by atoms with Crippen molar-refractivity contribution in [3.8, 4) is 5.75 Å². The number of hydrogen-bond acceptors (Lipinski definition) is 6. The van der Waals surface area contributed by atoms with Crippen LogP contribution in [0.3, 0.4) is 0 Å². The van der Waals surface area contributed by atoms with Crippen molar-refractivity contribution in [2.24, 2.45) is 5.92 Å². The Morgan fingerprint density at radius 2 is 1.79 bits per heavy atom. The van der Waals surface area contributed by atoms with Crippen LogP contribution >= 0.6 is 0 Å². The highest BCUT2D eigenvalue weighted by atomic mass is 32.2. The third-order valence-corrected chi connectivity index (χ3v) is 8.16. The van der Waals surface area contributed by atoms with Gasteiger partial charge in [0.25, 0.3) is 5.91 Å². The number of carbonyl (C=O) groups excluding carboxylic acids is 1. The van der Waals surface area contributed by atoms with Gasteiger partial charge in [-0.1, -0.05) is 30.7 Å². The normalized spacial score (nSPS) is 19.8. The second-order valence-electron chi connectivity index (χ2n) is 9.27. The number of para-hydroxylation sites is 1. The second-order valence-corrected chi connectivity index (χ2v) is 11.3. The molecule has 3 atom stereocenters. The van der Waals surface area contributed by atoms with Gasteiger partial charge in [-0.2, -0.15) is 4.31 Å². The van der Waals surface area contributed by atoms with Crippen LogP contribution in [0.5, 0.6) is 5.75 Å². The Labute approximate surface area is 202 Å². The predicted octanol–water partition coefficient (Wildman–Crippen LogP) is 2.60. The maximum Gasteiger partial charge on any atom is 0.258 e. The monoisotopic (exact) mass is 489 g/mol. The van der Waals surface area contributed by atoms with Crippen LogP contribution in [0.25, 0.3) is 0 Å². The second kappa shape index (κ2) is 10.3. The summed E-state index contributed by atoms with van der Waals surface area (Å²) < 4.78 is 34.2. The number of aryl methyl sites for hydroxylation is 1. The summed E-state index contributed by atoms with van der Waals surface area (Å²) in [6.45, 7) is 5.90. The summed E-state index contributed by atoms with van der Waals surface area (Å²) in [5.74, 6) is 0.00786. The number of sulfonamides is 1. The van der Waals surface area contributed by atoms with E-state index in [-0.39, 0.29) is 29.9 Å². The molecule has 2 aromatic rings. The first-order valence-corrected chi connectivity index (χ1v) is 12.8. The fourth-order valence-electron chi connectivity index (χ4n) is 4.04. The van der Waals surface area contributed by atoms with Crippen molar-refractivity contribution in [2.45, 2.75) is 37.8 Å². The molecule has 1 heterocycles. The lowest BCUT2D eigenvalue weighted by Gasteiger charge is -2.38. The van der Waals surface area contributed by atoms with Gasteiger partial charge in [0.05, 0.1) is 35.3 Å². The molecule has 2 aromatic carbocycles. The van der Waals surface area contributed by atoms with Gasteiger partial charge >= 0.3 is 0 Å².